The van der Waals surface area contributed by atoms with Gasteiger partial charge in [-0.2, -0.15) is 0 Å². The summed E-state index contributed by atoms with van der Waals surface area (Å²) in [5.74, 6) is 1.47. The van der Waals surface area contributed by atoms with Crippen molar-refractivity contribution in [1.82, 2.24) is 0 Å². The quantitative estimate of drug-likeness (QED) is 0.908. The lowest BCUT2D eigenvalue weighted by Gasteiger charge is -2.43. The van der Waals surface area contributed by atoms with E-state index in [4.69, 9.17) is 19.9 Å². The van der Waals surface area contributed by atoms with Crippen molar-refractivity contribution in [2.45, 2.75) is 25.6 Å². The number of nitrogens with zero attached hydrogens (tertiary/aromatic N) is 1. The summed E-state index contributed by atoms with van der Waals surface area (Å²) < 4.78 is 16.6. The Morgan fingerprint density at radius 3 is 2.60 bits per heavy atom. The molecule has 20 heavy (non-hydrogen) atoms. The predicted octanol–water partition coefficient (Wildman–Crippen LogP) is 1.65. The van der Waals surface area contributed by atoms with Crippen LogP contribution in [0.2, 0.25) is 0 Å². The lowest BCUT2D eigenvalue weighted by molar-refractivity contribution is -0.0788. The van der Waals surface area contributed by atoms with Gasteiger partial charge >= 0.3 is 0 Å². The largest absolute Gasteiger partial charge is 0.493 e. The highest BCUT2D eigenvalue weighted by Gasteiger charge is 2.33. The molecule has 1 aromatic carbocycles. The molecular weight excluding hydrogens is 256 g/mol. The van der Waals surface area contributed by atoms with E-state index in [9.17, 15) is 0 Å². The molecule has 5 nitrogen and oxygen atoms in total. The molecule has 0 amide bonds. The van der Waals surface area contributed by atoms with E-state index in [2.05, 4.69) is 18.7 Å². The molecule has 1 saturated heterocycles. The van der Waals surface area contributed by atoms with Crippen molar-refractivity contribution in [3.8, 4) is 11.5 Å². The minimum absolute atomic E-state index is 0.0480. The second kappa shape index (κ2) is 5.89. The summed E-state index contributed by atoms with van der Waals surface area (Å²) in [4.78, 5) is 2.28. The van der Waals surface area contributed by atoms with Gasteiger partial charge in [0, 0.05) is 31.4 Å². The fraction of sp³-hybridized carbons (Fsp3) is 0.600. The van der Waals surface area contributed by atoms with Gasteiger partial charge in [-0.3, -0.25) is 0 Å². The molecule has 1 aromatic rings. The number of methoxy groups -OCH3 is 2. The lowest BCUT2D eigenvalue weighted by atomic mass is 10.0. The van der Waals surface area contributed by atoms with Gasteiger partial charge in [-0.05, 0) is 26.0 Å². The zero-order chi connectivity index (χ0) is 14.8. The molecule has 2 rings (SSSR count). The summed E-state index contributed by atoms with van der Waals surface area (Å²) in [6.45, 7) is 6.30. The van der Waals surface area contributed by atoms with Crippen LogP contribution in [-0.4, -0.2) is 45.6 Å². The van der Waals surface area contributed by atoms with Crippen molar-refractivity contribution in [1.29, 1.82) is 0 Å². The molecule has 1 unspecified atom stereocenters. The third kappa shape index (κ3) is 3.16. The third-order valence-corrected chi connectivity index (χ3v) is 3.48. The molecule has 5 heteroatoms. The maximum atomic E-state index is 5.95. The normalized spacial score (nSPS) is 21.6. The van der Waals surface area contributed by atoms with Gasteiger partial charge in [-0.15, -0.1) is 0 Å². The van der Waals surface area contributed by atoms with Gasteiger partial charge in [0.2, 0.25) is 0 Å². The van der Waals surface area contributed by atoms with Gasteiger partial charge in [-0.25, -0.2) is 0 Å². The first-order valence-corrected chi connectivity index (χ1v) is 6.84. The average Bonchev–Trinajstić information content (AvgIpc) is 2.44. The topological polar surface area (TPSA) is 57.0 Å². The van der Waals surface area contributed by atoms with Crippen LogP contribution in [-0.2, 0) is 4.74 Å². The molecule has 0 saturated carbocycles. The molecule has 1 aliphatic heterocycles. The summed E-state index contributed by atoms with van der Waals surface area (Å²) in [6, 6.07) is 5.96. The highest BCUT2D eigenvalue weighted by atomic mass is 16.5. The van der Waals surface area contributed by atoms with Crippen molar-refractivity contribution < 1.29 is 14.2 Å². The molecule has 1 fully saturated rings. The van der Waals surface area contributed by atoms with Gasteiger partial charge in [0.25, 0.3) is 0 Å². The van der Waals surface area contributed by atoms with Crippen LogP contribution < -0.4 is 20.1 Å². The Balaban J connectivity index is 2.26. The fourth-order valence-corrected chi connectivity index (χ4v) is 2.64. The Kier molecular flexibility index (Phi) is 4.40. The number of anilines is 1. The van der Waals surface area contributed by atoms with E-state index in [1.165, 1.54) is 0 Å². The van der Waals surface area contributed by atoms with Crippen LogP contribution in [0, 0.1) is 0 Å². The molecule has 2 N–H and O–H groups in total. The van der Waals surface area contributed by atoms with Gasteiger partial charge in [-0.1, -0.05) is 0 Å². The summed E-state index contributed by atoms with van der Waals surface area (Å²) in [5.41, 5.74) is 6.65. The average molecular weight is 280 g/mol. The summed E-state index contributed by atoms with van der Waals surface area (Å²) >= 11 is 0. The number of rotatable bonds is 4. The minimum atomic E-state index is -0.213. The fourth-order valence-electron chi connectivity index (χ4n) is 2.64. The number of nitrogens with two attached hydrogens (primary N) is 1. The van der Waals surface area contributed by atoms with Crippen LogP contribution >= 0.6 is 0 Å². The van der Waals surface area contributed by atoms with Gasteiger partial charge in [0.1, 0.15) is 0 Å². The number of ether oxygens (including phenoxy) is 3. The van der Waals surface area contributed by atoms with Crippen molar-refractivity contribution >= 4 is 5.69 Å². The molecule has 1 heterocycles. The van der Waals surface area contributed by atoms with E-state index in [1.54, 1.807) is 14.2 Å². The zero-order valence-corrected chi connectivity index (χ0v) is 12.7. The van der Waals surface area contributed by atoms with Gasteiger partial charge in [0.15, 0.2) is 11.5 Å². The number of hydrogen-bond acceptors (Lipinski definition) is 5. The monoisotopic (exact) mass is 280 g/mol. The standard InChI is InChI=1S/C15H24N2O3/c1-15(2)10-17(9-12(8-16)20-15)11-5-6-13(18-3)14(7-11)19-4/h5-7,12H,8-10,16H2,1-4H3. The second-order valence-electron chi connectivity index (χ2n) is 5.66. The zero-order valence-electron chi connectivity index (χ0n) is 12.7. The predicted molar refractivity (Wildman–Crippen MR) is 79.8 cm³/mol. The second-order valence-corrected chi connectivity index (χ2v) is 5.66. The van der Waals surface area contributed by atoms with Crippen LogP contribution in [0.5, 0.6) is 11.5 Å². The molecule has 1 atom stereocenters. The first-order valence-electron chi connectivity index (χ1n) is 6.84. The van der Waals surface area contributed by atoms with Crippen molar-refractivity contribution in [2.75, 3.05) is 38.8 Å². The summed E-state index contributed by atoms with van der Waals surface area (Å²) in [6.07, 6.45) is 0.0480. The summed E-state index contributed by atoms with van der Waals surface area (Å²) in [5, 5.41) is 0. The Labute approximate surface area is 120 Å². The molecule has 0 aliphatic carbocycles. The van der Waals surface area contributed by atoms with Crippen LogP contribution in [0.1, 0.15) is 13.8 Å². The Bertz CT molecular complexity index is 462. The van der Waals surface area contributed by atoms with E-state index in [0.717, 1.165) is 30.3 Å². The Morgan fingerprint density at radius 2 is 2.00 bits per heavy atom. The van der Waals surface area contributed by atoms with E-state index in [1.807, 2.05) is 18.2 Å². The molecule has 112 valence electrons. The van der Waals surface area contributed by atoms with Gasteiger partial charge in [0.05, 0.1) is 25.9 Å². The van der Waals surface area contributed by atoms with E-state index < -0.39 is 0 Å². The number of morpholine rings is 1. The van der Waals surface area contributed by atoms with Crippen LogP contribution in [0.3, 0.4) is 0 Å². The lowest BCUT2D eigenvalue weighted by Crippen LogP contribution is -2.54. The first kappa shape index (κ1) is 14.9. The van der Waals surface area contributed by atoms with Gasteiger partial charge < -0.3 is 24.8 Å². The maximum Gasteiger partial charge on any atom is 0.162 e. The smallest absolute Gasteiger partial charge is 0.162 e. The van der Waals surface area contributed by atoms with Crippen molar-refractivity contribution in [2.24, 2.45) is 5.73 Å². The van der Waals surface area contributed by atoms with E-state index >= 15 is 0 Å². The first-order chi connectivity index (χ1) is 9.49. The molecular formula is C15H24N2O3. The number of hydrogen-bond donors (Lipinski definition) is 1. The minimum Gasteiger partial charge on any atom is -0.493 e. The molecule has 0 bridgehead atoms. The maximum absolute atomic E-state index is 5.95. The number of benzene rings is 1. The molecule has 0 radical (unpaired) electrons. The van der Waals surface area contributed by atoms with Crippen LogP contribution in [0.15, 0.2) is 18.2 Å². The Hall–Kier alpha value is -1.46. The van der Waals surface area contributed by atoms with Crippen LogP contribution in [0.4, 0.5) is 5.69 Å². The Morgan fingerprint density at radius 1 is 1.30 bits per heavy atom. The highest BCUT2D eigenvalue weighted by Crippen LogP contribution is 2.33. The third-order valence-electron chi connectivity index (χ3n) is 3.48. The van der Waals surface area contributed by atoms with Crippen LogP contribution in [0.25, 0.3) is 0 Å². The molecule has 0 spiro atoms. The van der Waals surface area contributed by atoms with E-state index in [0.29, 0.717) is 6.54 Å². The highest BCUT2D eigenvalue weighted by molar-refractivity contribution is 5.57. The summed E-state index contributed by atoms with van der Waals surface area (Å²) in [7, 11) is 3.29. The van der Waals surface area contributed by atoms with Crippen molar-refractivity contribution in [3.63, 3.8) is 0 Å². The molecule has 1 aliphatic rings. The van der Waals surface area contributed by atoms with Crippen molar-refractivity contribution in [3.05, 3.63) is 18.2 Å². The van der Waals surface area contributed by atoms with E-state index in [-0.39, 0.29) is 11.7 Å². The molecule has 0 aromatic heterocycles. The SMILES string of the molecule is COc1ccc(N2CC(CN)OC(C)(C)C2)cc1OC.